The number of fused-ring (bicyclic) bond motifs is 1. The van der Waals surface area contributed by atoms with Crippen molar-refractivity contribution in [1.29, 1.82) is 0 Å². The summed E-state index contributed by atoms with van der Waals surface area (Å²) in [6, 6.07) is 12.3. The monoisotopic (exact) mass is 377 g/mol. The lowest BCUT2D eigenvalue weighted by Crippen LogP contribution is -2.47. The fraction of sp³-hybridized carbons (Fsp3) is 0.333. The summed E-state index contributed by atoms with van der Waals surface area (Å²) in [6.07, 6.45) is 1.56. The zero-order valence-corrected chi connectivity index (χ0v) is 16.1. The molecule has 0 saturated carbocycles. The third kappa shape index (κ3) is 3.60. The molecule has 0 atom stereocenters. The highest BCUT2D eigenvalue weighted by Crippen LogP contribution is 2.23. The third-order valence-electron chi connectivity index (χ3n) is 4.87. The van der Waals surface area contributed by atoms with Crippen molar-refractivity contribution in [2.75, 3.05) is 42.6 Å². The van der Waals surface area contributed by atoms with E-state index in [4.69, 9.17) is 9.72 Å². The number of carbonyl (C=O) groups excluding carboxylic acids is 1. The van der Waals surface area contributed by atoms with E-state index in [1.807, 2.05) is 25.1 Å². The van der Waals surface area contributed by atoms with Crippen molar-refractivity contribution in [3.05, 3.63) is 54.0 Å². The highest BCUT2D eigenvalue weighted by molar-refractivity contribution is 5.94. The van der Waals surface area contributed by atoms with Crippen LogP contribution in [-0.2, 0) is 4.74 Å². The molecule has 1 fully saturated rings. The second-order valence-electron chi connectivity index (χ2n) is 6.71. The number of aromatic nitrogens is 3. The van der Waals surface area contributed by atoms with E-state index < -0.39 is 0 Å². The number of ether oxygens (including phenoxy) is 1. The summed E-state index contributed by atoms with van der Waals surface area (Å²) < 4.78 is 5.16. The van der Waals surface area contributed by atoms with Crippen LogP contribution >= 0.6 is 0 Å². The lowest BCUT2D eigenvalue weighted by atomic mass is 10.2. The van der Waals surface area contributed by atoms with Gasteiger partial charge < -0.3 is 14.5 Å². The Bertz CT molecular complexity index is 999. The van der Waals surface area contributed by atoms with Crippen molar-refractivity contribution in [3.63, 3.8) is 0 Å². The number of esters is 1. The van der Waals surface area contributed by atoms with Gasteiger partial charge in [0.15, 0.2) is 0 Å². The van der Waals surface area contributed by atoms with Crippen molar-refractivity contribution >= 4 is 28.5 Å². The van der Waals surface area contributed by atoms with Crippen LogP contribution in [0.2, 0.25) is 0 Å². The maximum absolute atomic E-state index is 12.3. The standard InChI is InChI=1S/C21H23N5O2/c1-3-28-21(27)17-14-22-15(2)23-20(17)26-12-10-25(11-13-26)19-9-8-16-6-4-5-7-18(16)24-19/h4-9,14H,3,10-13H2,1-2H3. The number of aryl methyl sites for hydroxylation is 1. The molecule has 0 bridgehead atoms. The topological polar surface area (TPSA) is 71.5 Å². The van der Waals surface area contributed by atoms with Crippen LogP contribution in [0, 0.1) is 6.92 Å². The van der Waals surface area contributed by atoms with Crippen molar-refractivity contribution in [2.45, 2.75) is 13.8 Å². The predicted molar refractivity (Wildman–Crippen MR) is 109 cm³/mol. The van der Waals surface area contributed by atoms with E-state index in [1.54, 1.807) is 13.1 Å². The quantitative estimate of drug-likeness (QED) is 0.648. The number of para-hydroxylation sites is 1. The Labute approximate surface area is 164 Å². The van der Waals surface area contributed by atoms with Crippen LogP contribution in [0.15, 0.2) is 42.6 Å². The van der Waals surface area contributed by atoms with Gasteiger partial charge >= 0.3 is 5.97 Å². The molecule has 3 heterocycles. The molecule has 28 heavy (non-hydrogen) atoms. The van der Waals surface area contributed by atoms with Gasteiger partial charge in [-0.1, -0.05) is 18.2 Å². The van der Waals surface area contributed by atoms with Gasteiger partial charge in [-0.3, -0.25) is 0 Å². The van der Waals surface area contributed by atoms with Gasteiger partial charge in [-0.15, -0.1) is 0 Å². The van der Waals surface area contributed by atoms with Crippen LogP contribution in [0.5, 0.6) is 0 Å². The molecule has 0 spiro atoms. The van der Waals surface area contributed by atoms with Crippen molar-refractivity contribution in [2.24, 2.45) is 0 Å². The summed E-state index contributed by atoms with van der Waals surface area (Å²) in [5.74, 6) is 1.89. The van der Waals surface area contributed by atoms with Crippen LogP contribution in [0.3, 0.4) is 0 Å². The smallest absolute Gasteiger partial charge is 0.343 e. The van der Waals surface area contributed by atoms with Gasteiger partial charge in [0, 0.05) is 37.8 Å². The molecule has 0 radical (unpaired) electrons. The molecule has 0 N–H and O–H groups in total. The summed E-state index contributed by atoms with van der Waals surface area (Å²) in [5, 5.41) is 1.14. The Hall–Kier alpha value is -3.22. The molecule has 0 unspecified atom stereocenters. The number of nitrogens with zero attached hydrogens (tertiary/aromatic N) is 5. The van der Waals surface area contributed by atoms with Crippen LogP contribution in [0.25, 0.3) is 10.9 Å². The molecular weight excluding hydrogens is 354 g/mol. The summed E-state index contributed by atoms with van der Waals surface area (Å²) in [5.41, 5.74) is 1.42. The second-order valence-corrected chi connectivity index (χ2v) is 6.71. The Morgan fingerprint density at radius 1 is 1.04 bits per heavy atom. The second kappa shape index (κ2) is 7.80. The zero-order chi connectivity index (χ0) is 19.5. The van der Waals surface area contributed by atoms with E-state index in [2.05, 4.69) is 38.0 Å². The molecule has 4 rings (SSSR count). The first-order valence-electron chi connectivity index (χ1n) is 9.52. The number of carbonyl (C=O) groups is 1. The van der Waals surface area contributed by atoms with Gasteiger partial charge in [-0.05, 0) is 32.0 Å². The van der Waals surface area contributed by atoms with Crippen LogP contribution in [-0.4, -0.2) is 53.7 Å². The maximum Gasteiger partial charge on any atom is 0.343 e. The largest absolute Gasteiger partial charge is 0.462 e. The van der Waals surface area contributed by atoms with Gasteiger partial charge in [-0.25, -0.2) is 19.7 Å². The van der Waals surface area contributed by atoms with E-state index in [0.29, 0.717) is 23.8 Å². The summed E-state index contributed by atoms with van der Waals surface area (Å²) >= 11 is 0. The SMILES string of the molecule is CCOC(=O)c1cnc(C)nc1N1CCN(c2ccc3ccccc3n2)CC1. The fourth-order valence-electron chi connectivity index (χ4n) is 3.43. The number of rotatable bonds is 4. The van der Waals surface area contributed by atoms with E-state index in [0.717, 1.165) is 42.9 Å². The lowest BCUT2D eigenvalue weighted by Gasteiger charge is -2.36. The summed E-state index contributed by atoms with van der Waals surface area (Å²) in [6.45, 7) is 7.05. The highest BCUT2D eigenvalue weighted by atomic mass is 16.5. The average molecular weight is 377 g/mol. The van der Waals surface area contributed by atoms with Crippen molar-refractivity contribution in [3.8, 4) is 0 Å². The molecule has 0 amide bonds. The maximum atomic E-state index is 12.3. The van der Waals surface area contributed by atoms with Crippen LogP contribution in [0.4, 0.5) is 11.6 Å². The van der Waals surface area contributed by atoms with Crippen LogP contribution in [0.1, 0.15) is 23.1 Å². The third-order valence-corrected chi connectivity index (χ3v) is 4.87. The van der Waals surface area contributed by atoms with Gasteiger partial charge in [-0.2, -0.15) is 0 Å². The molecule has 1 aliphatic rings. The van der Waals surface area contributed by atoms with Crippen LogP contribution < -0.4 is 9.80 Å². The molecule has 1 saturated heterocycles. The van der Waals surface area contributed by atoms with E-state index in [1.165, 1.54) is 0 Å². The first kappa shape index (κ1) is 18.2. The van der Waals surface area contributed by atoms with Crippen molar-refractivity contribution in [1.82, 2.24) is 15.0 Å². The minimum atomic E-state index is -0.379. The number of benzene rings is 1. The first-order chi connectivity index (χ1) is 13.7. The normalized spacial score (nSPS) is 14.4. The molecule has 7 heteroatoms. The Kier molecular flexibility index (Phi) is 5.06. The van der Waals surface area contributed by atoms with E-state index in [9.17, 15) is 4.79 Å². The Balaban J connectivity index is 1.52. The van der Waals surface area contributed by atoms with Crippen molar-refractivity contribution < 1.29 is 9.53 Å². The molecule has 1 aromatic carbocycles. The Morgan fingerprint density at radius 2 is 1.79 bits per heavy atom. The fourth-order valence-corrected chi connectivity index (χ4v) is 3.43. The molecular formula is C21H23N5O2. The Morgan fingerprint density at radius 3 is 2.57 bits per heavy atom. The molecule has 1 aliphatic heterocycles. The number of anilines is 2. The number of piperazine rings is 1. The molecule has 7 nitrogen and oxygen atoms in total. The molecule has 3 aromatic rings. The molecule has 0 aliphatic carbocycles. The van der Waals surface area contributed by atoms with Gasteiger partial charge in [0.05, 0.1) is 12.1 Å². The zero-order valence-electron chi connectivity index (χ0n) is 16.1. The molecule has 144 valence electrons. The van der Waals surface area contributed by atoms with Gasteiger partial charge in [0.1, 0.15) is 23.0 Å². The van der Waals surface area contributed by atoms with E-state index >= 15 is 0 Å². The predicted octanol–water partition coefficient (Wildman–Crippen LogP) is 2.84. The summed E-state index contributed by atoms with van der Waals surface area (Å²) in [7, 11) is 0. The highest BCUT2D eigenvalue weighted by Gasteiger charge is 2.24. The van der Waals surface area contributed by atoms with Gasteiger partial charge in [0.2, 0.25) is 0 Å². The minimum absolute atomic E-state index is 0.327. The van der Waals surface area contributed by atoms with Gasteiger partial charge in [0.25, 0.3) is 0 Å². The first-order valence-corrected chi connectivity index (χ1v) is 9.52. The molecule has 2 aromatic heterocycles. The van der Waals surface area contributed by atoms with E-state index in [-0.39, 0.29) is 5.97 Å². The average Bonchev–Trinajstić information content (AvgIpc) is 2.73. The number of hydrogen-bond acceptors (Lipinski definition) is 7. The number of hydrogen-bond donors (Lipinski definition) is 0. The minimum Gasteiger partial charge on any atom is -0.462 e. The summed E-state index contributed by atoms with van der Waals surface area (Å²) in [4.78, 5) is 30.1. The number of pyridine rings is 1. The lowest BCUT2D eigenvalue weighted by molar-refractivity contribution is 0.0526.